The van der Waals surface area contributed by atoms with Crippen molar-refractivity contribution in [2.45, 2.75) is 6.92 Å². The molecule has 0 saturated carbocycles. The lowest BCUT2D eigenvalue weighted by molar-refractivity contribution is 0.306. The van der Waals surface area contributed by atoms with Crippen LogP contribution >= 0.6 is 15.9 Å². The third kappa shape index (κ3) is 1.62. The molecule has 0 atom stereocenters. The molecule has 1 aromatic carbocycles. The average Bonchev–Trinajstić information content (AvgIpc) is 2.53. The molecule has 0 aliphatic rings. The van der Waals surface area contributed by atoms with E-state index in [1.54, 1.807) is 0 Å². The molecular formula is C9H7BrN2O. The molecule has 66 valence electrons. The Hall–Kier alpha value is -1.16. The van der Waals surface area contributed by atoms with Crippen LogP contribution in [0.2, 0.25) is 0 Å². The summed E-state index contributed by atoms with van der Waals surface area (Å²) in [6.07, 6.45) is 0. The van der Waals surface area contributed by atoms with Crippen molar-refractivity contribution in [3.05, 3.63) is 34.4 Å². The number of hydrogen-bond acceptors (Lipinski definition) is 3. The first-order valence-electron chi connectivity index (χ1n) is 3.82. The fraction of sp³-hybridized carbons (Fsp3) is 0.111. The summed E-state index contributed by atoms with van der Waals surface area (Å²) in [5.74, 6) is 0. The summed E-state index contributed by atoms with van der Waals surface area (Å²) in [5.41, 5.74) is 2.62. The Labute approximate surface area is 83.9 Å². The molecule has 0 amide bonds. The van der Waals surface area contributed by atoms with Crippen LogP contribution < -0.4 is 0 Å². The highest BCUT2D eigenvalue weighted by molar-refractivity contribution is 9.10. The first-order chi connectivity index (χ1) is 6.27. The number of hydrogen-bond donors (Lipinski definition) is 0. The van der Waals surface area contributed by atoms with Gasteiger partial charge in [-0.15, -0.1) is 0 Å². The normalized spacial score (nSPS) is 10.3. The molecule has 3 nitrogen and oxygen atoms in total. The van der Waals surface area contributed by atoms with Crippen LogP contribution in [0.3, 0.4) is 0 Å². The summed E-state index contributed by atoms with van der Waals surface area (Å²) >= 11 is 3.37. The molecule has 0 radical (unpaired) electrons. The fourth-order valence-electron chi connectivity index (χ4n) is 1.10. The molecule has 0 aliphatic heterocycles. The highest BCUT2D eigenvalue weighted by Crippen LogP contribution is 2.21. The molecule has 2 aromatic rings. The van der Waals surface area contributed by atoms with E-state index in [1.165, 1.54) is 0 Å². The van der Waals surface area contributed by atoms with Crippen molar-refractivity contribution in [3.63, 3.8) is 0 Å². The second-order valence-corrected chi connectivity index (χ2v) is 3.62. The van der Waals surface area contributed by atoms with Crippen LogP contribution in [0, 0.1) is 6.92 Å². The number of nitrogens with zero attached hydrogens (tertiary/aromatic N) is 2. The Morgan fingerprint density at radius 2 is 1.85 bits per heavy atom. The first-order valence-corrected chi connectivity index (χ1v) is 4.62. The Morgan fingerprint density at radius 1 is 1.15 bits per heavy atom. The number of aromatic nitrogens is 2. The zero-order valence-electron chi connectivity index (χ0n) is 6.99. The largest absolute Gasteiger partial charge is 0.244 e. The highest BCUT2D eigenvalue weighted by atomic mass is 79.9. The topological polar surface area (TPSA) is 38.9 Å². The summed E-state index contributed by atoms with van der Waals surface area (Å²) in [4.78, 5) is 0. The quantitative estimate of drug-likeness (QED) is 0.767. The molecule has 0 bridgehead atoms. The van der Waals surface area contributed by atoms with Gasteiger partial charge in [-0.2, -0.15) is 0 Å². The third-order valence-electron chi connectivity index (χ3n) is 1.77. The Morgan fingerprint density at radius 3 is 2.38 bits per heavy atom. The van der Waals surface area contributed by atoms with Crippen LogP contribution in [-0.2, 0) is 0 Å². The predicted molar refractivity (Wildman–Crippen MR) is 52.2 cm³/mol. The van der Waals surface area contributed by atoms with Crippen LogP contribution in [0.15, 0.2) is 33.4 Å². The van der Waals surface area contributed by atoms with Gasteiger partial charge in [0.25, 0.3) is 0 Å². The predicted octanol–water partition coefficient (Wildman–Crippen LogP) is 2.81. The summed E-state index contributed by atoms with van der Waals surface area (Å²) in [6, 6.07) is 7.86. The van der Waals surface area contributed by atoms with Crippen molar-refractivity contribution >= 4 is 15.9 Å². The van der Waals surface area contributed by atoms with Gasteiger partial charge in [0, 0.05) is 10.0 Å². The molecule has 0 aliphatic carbocycles. The van der Waals surface area contributed by atoms with E-state index >= 15 is 0 Å². The van der Waals surface area contributed by atoms with Gasteiger partial charge in [-0.1, -0.05) is 33.2 Å². The Bertz CT molecular complexity index is 408. The number of aryl methyl sites for hydroxylation is 1. The van der Waals surface area contributed by atoms with Crippen molar-refractivity contribution in [3.8, 4) is 11.3 Å². The first kappa shape index (κ1) is 8.44. The molecule has 2 rings (SSSR count). The van der Waals surface area contributed by atoms with E-state index in [4.69, 9.17) is 0 Å². The number of rotatable bonds is 1. The summed E-state index contributed by atoms with van der Waals surface area (Å²) < 4.78 is 5.66. The van der Waals surface area contributed by atoms with E-state index in [-0.39, 0.29) is 0 Å². The fourth-order valence-corrected chi connectivity index (χ4v) is 1.37. The van der Waals surface area contributed by atoms with E-state index in [2.05, 4.69) is 30.9 Å². The number of benzene rings is 1. The lowest BCUT2D eigenvalue weighted by Crippen LogP contribution is -1.80. The van der Waals surface area contributed by atoms with Gasteiger partial charge >= 0.3 is 0 Å². The van der Waals surface area contributed by atoms with Gasteiger partial charge in [0.15, 0.2) is 0 Å². The highest BCUT2D eigenvalue weighted by Gasteiger charge is 2.06. The maximum Gasteiger partial charge on any atom is 0.137 e. The SMILES string of the molecule is Cc1nonc1-c1ccc(Br)cc1. The third-order valence-corrected chi connectivity index (χ3v) is 2.30. The van der Waals surface area contributed by atoms with Crippen LogP contribution in [0.25, 0.3) is 11.3 Å². The van der Waals surface area contributed by atoms with Crippen LogP contribution in [0.5, 0.6) is 0 Å². The number of halogens is 1. The van der Waals surface area contributed by atoms with E-state index in [0.29, 0.717) is 0 Å². The molecule has 0 unspecified atom stereocenters. The van der Waals surface area contributed by atoms with Gasteiger partial charge in [-0.3, -0.25) is 0 Å². The average molecular weight is 239 g/mol. The minimum Gasteiger partial charge on any atom is -0.244 e. The molecule has 13 heavy (non-hydrogen) atoms. The summed E-state index contributed by atoms with van der Waals surface area (Å²) in [6.45, 7) is 1.87. The van der Waals surface area contributed by atoms with Gasteiger partial charge in [0.05, 0.1) is 0 Å². The van der Waals surface area contributed by atoms with Crippen molar-refractivity contribution in [1.29, 1.82) is 0 Å². The molecule has 4 heteroatoms. The van der Waals surface area contributed by atoms with Crippen LogP contribution in [0.4, 0.5) is 0 Å². The van der Waals surface area contributed by atoms with Gasteiger partial charge in [0.2, 0.25) is 0 Å². The zero-order valence-corrected chi connectivity index (χ0v) is 8.58. The second-order valence-electron chi connectivity index (χ2n) is 2.71. The maximum absolute atomic E-state index is 4.62. The Balaban J connectivity index is 2.47. The monoisotopic (exact) mass is 238 g/mol. The lowest BCUT2D eigenvalue weighted by Gasteiger charge is -1.95. The van der Waals surface area contributed by atoms with Crippen LogP contribution in [-0.4, -0.2) is 10.3 Å². The van der Waals surface area contributed by atoms with Gasteiger partial charge in [-0.05, 0) is 24.2 Å². The van der Waals surface area contributed by atoms with Gasteiger partial charge in [-0.25, -0.2) is 4.63 Å². The molecular weight excluding hydrogens is 232 g/mol. The van der Waals surface area contributed by atoms with Crippen molar-refractivity contribution in [2.24, 2.45) is 0 Å². The molecule has 0 saturated heterocycles. The smallest absolute Gasteiger partial charge is 0.137 e. The van der Waals surface area contributed by atoms with Crippen molar-refractivity contribution in [1.82, 2.24) is 10.3 Å². The molecule has 0 fully saturated rings. The summed E-state index contributed by atoms with van der Waals surface area (Å²) in [5, 5.41) is 7.53. The van der Waals surface area contributed by atoms with E-state index in [9.17, 15) is 0 Å². The standard InChI is InChI=1S/C9H7BrN2O/c1-6-9(12-13-11-6)7-2-4-8(10)5-3-7/h2-5H,1H3. The van der Waals surface area contributed by atoms with E-state index in [1.807, 2.05) is 31.2 Å². The molecule has 0 spiro atoms. The lowest BCUT2D eigenvalue weighted by atomic mass is 10.1. The zero-order chi connectivity index (χ0) is 9.26. The minimum absolute atomic E-state index is 0.799. The molecule has 0 N–H and O–H groups in total. The van der Waals surface area contributed by atoms with Crippen molar-refractivity contribution < 1.29 is 4.63 Å². The van der Waals surface area contributed by atoms with Crippen molar-refractivity contribution in [2.75, 3.05) is 0 Å². The van der Waals surface area contributed by atoms with E-state index in [0.717, 1.165) is 21.4 Å². The second kappa shape index (κ2) is 3.30. The Kier molecular flexibility index (Phi) is 2.14. The van der Waals surface area contributed by atoms with E-state index < -0.39 is 0 Å². The van der Waals surface area contributed by atoms with Gasteiger partial charge in [0.1, 0.15) is 11.4 Å². The minimum atomic E-state index is 0.799. The van der Waals surface area contributed by atoms with Gasteiger partial charge < -0.3 is 0 Å². The molecule has 1 heterocycles. The molecule has 1 aromatic heterocycles. The van der Waals surface area contributed by atoms with Crippen LogP contribution in [0.1, 0.15) is 5.69 Å². The summed E-state index contributed by atoms with van der Waals surface area (Å²) in [7, 11) is 0. The maximum atomic E-state index is 4.62.